The highest BCUT2D eigenvalue weighted by Gasteiger charge is 2.23. The quantitative estimate of drug-likeness (QED) is 0.330. The van der Waals surface area contributed by atoms with E-state index in [9.17, 15) is 18.4 Å². The third-order valence-corrected chi connectivity index (χ3v) is 6.28. The van der Waals surface area contributed by atoms with Gasteiger partial charge in [-0.05, 0) is 41.3 Å². The largest absolute Gasteiger partial charge is 0.447 e. The summed E-state index contributed by atoms with van der Waals surface area (Å²) in [5.41, 5.74) is 1.11. The van der Waals surface area contributed by atoms with Crippen molar-refractivity contribution in [2.75, 3.05) is 19.0 Å². The number of carbonyl (C=O) groups is 2. The van der Waals surface area contributed by atoms with E-state index in [4.69, 9.17) is 16.3 Å². The summed E-state index contributed by atoms with van der Waals surface area (Å²) in [4.78, 5) is 35.2. The molecule has 12 heteroatoms. The number of hydrogen-bond donors (Lipinski definition) is 2. The van der Waals surface area contributed by atoms with Gasteiger partial charge in [0, 0.05) is 44.8 Å². The summed E-state index contributed by atoms with van der Waals surface area (Å²) in [5, 5.41) is 6.44. The predicted octanol–water partition coefficient (Wildman–Crippen LogP) is 4.90. The van der Waals surface area contributed by atoms with Crippen molar-refractivity contribution in [2.24, 2.45) is 7.05 Å². The lowest BCUT2D eigenvalue weighted by atomic mass is 10.1. The van der Waals surface area contributed by atoms with E-state index in [2.05, 4.69) is 20.6 Å². The summed E-state index contributed by atoms with van der Waals surface area (Å²) in [6, 6.07) is 9.06. The first-order valence-electron chi connectivity index (χ1n) is 11.6. The number of halogens is 3. The molecule has 4 rings (SSSR count). The molecular weight excluding hydrogens is 518 g/mol. The molecule has 0 aliphatic heterocycles. The first-order chi connectivity index (χ1) is 18.2. The Balaban J connectivity index is 1.40. The zero-order valence-electron chi connectivity index (χ0n) is 20.6. The van der Waals surface area contributed by atoms with E-state index in [1.807, 2.05) is 7.05 Å². The van der Waals surface area contributed by atoms with Crippen LogP contribution >= 0.6 is 11.6 Å². The van der Waals surface area contributed by atoms with Gasteiger partial charge in [0.1, 0.15) is 24.1 Å². The monoisotopic (exact) mass is 542 g/mol. The van der Waals surface area contributed by atoms with E-state index < -0.39 is 29.8 Å². The first kappa shape index (κ1) is 26.8. The Morgan fingerprint density at radius 1 is 1.16 bits per heavy atom. The number of anilines is 1. The summed E-state index contributed by atoms with van der Waals surface area (Å²) < 4.78 is 34.4. The second kappa shape index (κ2) is 11.9. The highest BCUT2D eigenvalue weighted by Crippen LogP contribution is 2.20. The lowest BCUT2D eigenvalue weighted by Gasteiger charge is -2.27. The normalized spacial score (nSPS) is 11.7. The Morgan fingerprint density at radius 2 is 1.97 bits per heavy atom. The molecule has 2 N–H and O–H groups in total. The molecule has 0 aliphatic rings. The molecule has 0 saturated heterocycles. The fourth-order valence-corrected chi connectivity index (χ4v) is 3.95. The van der Waals surface area contributed by atoms with Gasteiger partial charge >= 0.3 is 12.1 Å². The molecule has 0 fully saturated rings. The van der Waals surface area contributed by atoms with Crippen molar-refractivity contribution in [3.05, 3.63) is 89.1 Å². The molecular formula is C26H25ClF2N6O3. The van der Waals surface area contributed by atoms with Crippen LogP contribution < -0.4 is 10.6 Å². The van der Waals surface area contributed by atoms with Crippen LogP contribution in [0.3, 0.4) is 0 Å². The molecule has 0 radical (unpaired) electrons. The molecule has 0 spiro atoms. The summed E-state index contributed by atoms with van der Waals surface area (Å²) in [6.45, 7) is -0.152. The lowest BCUT2D eigenvalue weighted by Crippen LogP contribution is -2.47. The van der Waals surface area contributed by atoms with Gasteiger partial charge in [-0.15, -0.1) is 0 Å². The average Bonchev–Trinajstić information content (AvgIpc) is 3.31. The zero-order valence-corrected chi connectivity index (χ0v) is 21.4. The molecule has 198 valence electrons. The molecule has 2 aromatic carbocycles. The fraction of sp³-hybridized carbons (Fsp3) is 0.231. The number of rotatable bonds is 8. The van der Waals surface area contributed by atoms with Crippen LogP contribution in [0.5, 0.6) is 0 Å². The van der Waals surface area contributed by atoms with Gasteiger partial charge in [-0.2, -0.15) is 0 Å². The Bertz CT molecular complexity index is 1460. The van der Waals surface area contributed by atoms with Crippen molar-refractivity contribution in [2.45, 2.75) is 19.0 Å². The van der Waals surface area contributed by atoms with Crippen LogP contribution in [0.1, 0.15) is 11.3 Å². The minimum absolute atomic E-state index is 0.00560. The molecule has 0 unspecified atom stereocenters. The van der Waals surface area contributed by atoms with Crippen LogP contribution in [0, 0.1) is 11.6 Å². The molecule has 38 heavy (non-hydrogen) atoms. The third kappa shape index (κ3) is 6.74. The van der Waals surface area contributed by atoms with Crippen LogP contribution in [0.2, 0.25) is 5.02 Å². The number of fused-ring (bicyclic) bond motifs is 1. The fourth-order valence-electron chi connectivity index (χ4n) is 3.76. The van der Waals surface area contributed by atoms with E-state index >= 15 is 0 Å². The number of carbonyl (C=O) groups excluding carboxylic acids is 2. The first-order valence-corrected chi connectivity index (χ1v) is 12.0. The number of benzene rings is 2. The number of likely N-dealkylation sites (N-methyl/N-ethyl adjacent to an activating group) is 1. The van der Waals surface area contributed by atoms with Gasteiger partial charge < -0.3 is 19.5 Å². The van der Waals surface area contributed by atoms with E-state index in [0.717, 1.165) is 0 Å². The van der Waals surface area contributed by atoms with Crippen molar-refractivity contribution in [3.8, 4) is 0 Å². The number of nitrogens with zero attached hydrogens (tertiary/aromatic N) is 4. The molecule has 4 aromatic rings. The Labute approximate surface area is 222 Å². The molecule has 1 atom stereocenters. The molecule has 0 bridgehead atoms. The van der Waals surface area contributed by atoms with Crippen molar-refractivity contribution in [3.63, 3.8) is 0 Å². The Morgan fingerprint density at radius 3 is 2.74 bits per heavy atom. The number of urea groups is 1. The molecule has 9 nitrogen and oxygen atoms in total. The predicted molar refractivity (Wildman–Crippen MR) is 139 cm³/mol. The van der Waals surface area contributed by atoms with Gasteiger partial charge in [0.25, 0.3) is 0 Å². The minimum atomic E-state index is -0.792. The summed E-state index contributed by atoms with van der Waals surface area (Å²) >= 11 is 5.98. The van der Waals surface area contributed by atoms with Crippen LogP contribution in [0.4, 0.5) is 24.2 Å². The second-order valence-electron chi connectivity index (χ2n) is 8.66. The van der Waals surface area contributed by atoms with Gasteiger partial charge in [-0.25, -0.2) is 28.3 Å². The van der Waals surface area contributed by atoms with Crippen molar-refractivity contribution in [1.82, 2.24) is 24.8 Å². The molecule has 3 amide bonds. The lowest BCUT2D eigenvalue weighted by molar-refractivity contribution is 0.116. The number of pyridine rings is 1. The van der Waals surface area contributed by atoms with E-state index in [1.165, 1.54) is 41.4 Å². The SMILES string of the molecule is CN(C(=O)NCc1cccc(F)c1Cl)[C@H](COC(=O)Nc1cc2cc(F)ccc2cn1)Cc1cn(C)cn1. The van der Waals surface area contributed by atoms with Crippen molar-refractivity contribution < 1.29 is 23.1 Å². The Hall–Kier alpha value is -4.25. The molecule has 0 saturated carbocycles. The third-order valence-electron chi connectivity index (χ3n) is 5.85. The van der Waals surface area contributed by atoms with Gasteiger partial charge in [0.05, 0.1) is 23.1 Å². The van der Waals surface area contributed by atoms with Crippen molar-refractivity contribution >= 4 is 40.3 Å². The van der Waals surface area contributed by atoms with E-state index in [1.54, 1.807) is 36.3 Å². The maximum absolute atomic E-state index is 13.7. The number of aromatic nitrogens is 3. The smallest absolute Gasteiger partial charge is 0.412 e. The maximum Gasteiger partial charge on any atom is 0.412 e. The highest BCUT2D eigenvalue weighted by atomic mass is 35.5. The number of aryl methyl sites for hydroxylation is 1. The second-order valence-corrected chi connectivity index (χ2v) is 9.03. The topological polar surface area (TPSA) is 101 Å². The summed E-state index contributed by atoms with van der Waals surface area (Å²) in [6.07, 6.45) is 4.44. The van der Waals surface area contributed by atoms with E-state index in [-0.39, 0.29) is 24.0 Å². The maximum atomic E-state index is 13.7. The van der Waals surface area contributed by atoms with Gasteiger partial charge in [0.2, 0.25) is 0 Å². The van der Waals surface area contributed by atoms with Crippen LogP contribution in [-0.4, -0.2) is 51.3 Å². The van der Waals surface area contributed by atoms with Gasteiger partial charge in [-0.3, -0.25) is 5.32 Å². The summed E-state index contributed by atoms with van der Waals surface area (Å²) in [5.74, 6) is -0.798. The molecule has 2 heterocycles. The average molecular weight is 543 g/mol. The minimum Gasteiger partial charge on any atom is -0.447 e. The molecule has 0 aliphatic carbocycles. The number of imidazole rings is 1. The number of hydrogen-bond acceptors (Lipinski definition) is 5. The van der Waals surface area contributed by atoms with Gasteiger partial charge in [-0.1, -0.05) is 23.7 Å². The van der Waals surface area contributed by atoms with Crippen LogP contribution in [0.25, 0.3) is 10.8 Å². The van der Waals surface area contributed by atoms with Crippen LogP contribution in [0.15, 0.2) is 61.2 Å². The van der Waals surface area contributed by atoms with Gasteiger partial charge in [0.15, 0.2) is 0 Å². The summed E-state index contributed by atoms with van der Waals surface area (Å²) in [7, 11) is 3.37. The van der Waals surface area contributed by atoms with E-state index in [0.29, 0.717) is 28.5 Å². The Kier molecular flexibility index (Phi) is 8.37. The number of nitrogens with one attached hydrogen (secondary N) is 2. The number of amides is 3. The highest BCUT2D eigenvalue weighted by molar-refractivity contribution is 6.31. The zero-order chi connectivity index (χ0) is 27.2. The number of ether oxygens (including phenoxy) is 1. The molecule has 2 aromatic heterocycles. The standard InChI is InChI=1S/C26H25ClF2N6O3/c1-34-13-20(32-15-34)10-21(35(2)25(36)31-12-17-4-3-5-22(29)24(17)27)14-38-26(37)33-23-9-18-8-19(28)7-6-16(18)11-30-23/h3-9,11,13,15,21H,10,12,14H2,1-2H3,(H,31,36)(H,30,33,37)/t21-/m0/s1. The van der Waals surface area contributed by atoms with Crippen molar-refractivity contribution in [1.29, 1.82) is 0 Å². The van der Waals surface area contributed by atoms with Crippen LogP contribution in [-0.2, 0) is 24.8 Å².